The normalized spacial score (nSPS) is 12.4. The van der Waals surface area contributed by atoms with Crippen molar-refractivity contribution in [2.75, 3.05) is 6.54 Å². The van der Waals surface area contributed by atoms with Crippen molar-refractivity contribution in [3.63, 3.8) is 0 Å². The molecule has 2 aromatic carbocycles. The molecule has 3 rings (SSSR count). The van der Waals surface area contributed by atoms with Gasteiger partial charge < -0.3 is 16.1 Å². The van der Waals surface area contributed by atoms with E-state index in [0.29, 0.717) is 12.0 Å². The highest BCUT2D eigenvalue weighted by Gasteiger charge is 2.19. The lowest BCUT2D eigenvalue weighted by molar-refractivity contribution is -0.130. The third kappa shape index (κ3) is 6.27. The molecule has 1 aromatic heterocycles. The molecule has 10 heteroatoms. The maximum absolute atomic E-state index is 13.0. The summed E-state index contributed by atoms with van der Waals surface area (Å²) in [4.78, 5) is 23.9. The molecule has 1 heterocycles. The third-order valence-electron chi connectivity index (χ3n) is 4.83. The summed E-state index contributed by atoms with van der Waals surface area (Å²) in [6, 6.07) is 12.7. The number of halogens is 1. The summed E-state index contributed by atoms with van der Waals surface area (Å²) in [7, 11) is 0. The first-order chi connectivity index (χ1) is 15.4. The molecule has 2 amide bonds. The van der Waals surface area contributed by atoms with Gasteiger partial charge in [0.05, 0.1) is 19.0 Å². The Morgan fingerprint density at radius 2 is 1.94 bits per heavy atom. The van der Waals surface area contributed by atoms with Crippen molar-refractivity contribution >= 4 is 33.2 Å². The lowest BCUT2D eigenvalue weighted by Gasteiger charge is -2.26. The maximum atomic E-state index is 13.0. The van der Waals surface area contributed by atoms with Crippen LogP contribution in [0.15, 0.2) is 65.8 Å². The van der Waals surface area contributed by atoms with E-state index in [-0.39, 0.29) is 18.7 Å². The summed E-state index contributed by atoms with van der Waals surface area (Å²) in [5.74, 6) is 4.73. The van der Waals surface area contributed by atoms with Crippen molar-refractivity contribution in [1.82, 2.24) is 15.8 Å². The van der Waals surface area contributed by atoms with E-state index in [1.165, 1.54) is 35.5 Å². The fourth-order valence-corrected chi connectivity index (χ4v) is 4.02. The quantitative estimate of drug-likeness (QED) is 0.190. The minimum absolute atomic E-state index is 0.00395. The maximum Gasteiger partial charge on any atom is 0.251 e. The number of thiophene rings is 1. The summed E-state index contributed by atoms with van der Waals surface area (Å²) in [6.07, 6.45) is 1.80. The van der Waals surface area contributed by atoms with Gasteiger partial charge in [0.25, 0.3) is 5.91 Å². The van der Waals surface area contributed by atoms with E-state index in [9.17, 15) is 14.0 Å². The number of rotatable bonds is 9. The first kappa shape index (κ1) is 23.2. The number of benzene rings is 2. The number of hydroxylamine groups is 1. The van der Waals surface area contributed by atoms with Gasteiger partial charge in [0.15, 0.2) is 0 Å². The molecule has 0 fully saturated rings. The van der Waals surface area contributed by atoms with E-state index >= 15 is 0 Å². The van der Waals surface area contributed by atoms with Crippen LogP contribution in [-0.2, 0) is 11.2 Å². The predicted octanol–water partition coefficient (Wildman–Crippen LogP) is 2.25. The van der Waals surface area contributed by atoms with Crippen LogP contribution in [0.3, 0.4) is 0 Å². The molecule has 0 bridgehead atoms. The van der Waals surface area contributed by atoms with Crippen molar-refractivity contribution in [1.29, 1.82) is 0 Å². The second-order valence-electron chi connectivity index (χ2n) is 7.23. The lowest BCUT2D eigenvalue weighted by Crippen LogP contribution is -2.42. The number of hydrazine groups is 1. The molecule has 168 valence electrons. The highest BCUT2D eigenvalue weighted by Crippen LogP contribution is 2.23. The Kier molecular flexibility index (Phi) is 7.77. The Bertz CT molecular complexity index is 1120. The molecule has 8 nitrogen and oxygen atoms in total. The van der Waals surface area contributed by atoms with E-state index in [2.05, 4.69) is 5.32 Å². The predicted molar refractivity (Wildman–Crippen MR) is 121 cm³/mol. The monoisotopic (exact) mass is 457 g/mol. The van der Waals surface area contributed by atoms with Crippen molar-refractivity contribution in [3.05, 3.63) is 82.8 Å². The van der Waals surface area contributed by atoms with E-state index in [0.717, 1.165) is 15.6 Å². The number of nitrogens with zero attached hydrogens (tertiary/aromatic N) is 1. The highest BCUT2D eigenvalue weighted by atomic mass is 32.1. The van der Waals surface area contributed by atoms with Crippen LogP contribution in [0.2, 0.25) is 0 Å². The Morgan fingerprint density at radius 3 is 2.66 bits per heavy atom. The van der Waals surface area contributed by atoms with Crippen LogP contribution in [0.25, 0.3) is 10.1 Å². The standard InChI is InChI=1S/C22H24FN5O3S/c23-17-5-3-16(4-6-17)22(30)26-12-18(24)13-28(25)19(11-21(29)27-31)9-14-1-2-15-7-8-32-20(15)10-14/h1-8,10,13,19,31H,9,11-12,24-25H2,(H,26,30)(H,27,29)/b18-13-. The second-order valence-corrected chi connectivity index (χ2v) is 8.18. The number of nitrogens with two attached hydrogens (primary N) is 2. The van der Waals surface area contributed by atoms with Crippen molar-refractivity contribution < 1.29 is 19.2 Å². The smallest absolute Gasteiger partial charge is 0.251 e. The van der Waals surface area contributed by atoms with Gasteiger partial charge in [0.1, 0.15) is 5.82 Å². The Hall–Kier alpha value is -3.47. The molecule has 1 atom stereocenters. The zero-order chi connectivity index (χ0) is 23.1. The van der Waals surface area contributed by atoms with Crippen molar-refractivity contribution in [2.24, 2.45) is 11.6 Å². The fraction of sp³-hybridized carbons (Fsp3) is 0.182. The first-order valence-electron chi connectivity index (χ1n) is 9.77. The Morgan fingerprint density at radius 1 is 1.19 bits per heavy atom. The number of carbonyl (C=O) groups is 2. The Labute approximate surface area is 188 Å². The van der Waals surface area contributed by atoms with Crippen LogP contribution in [0, 0.1) is 5.82 Å². The van der Waals surface area contributed by atoms with Crippen LogP contribution in [0.4, 0.5) is 4.39 Å². The van der Waals surface area contributed by atoms with Gasteiger partial charge in [0, 0.05) is 22.2 Å². The molecule has 0 aliphatic rings. The van der Waals surface area contributed by atoms with Crippen molar-refractivity contribution in [2.45, 2.75) is 18.9 Å². The zero-order valence-corrected chi connectivity index (χ0v) is 17.9. The van der Waals surface area contributed by atoms with E-state index in [4.69, 9.17) is 16.8 Å². The molecule has 0 spiro atoms. The van der Waals surface area contributed by atoms with Crippen LogP contribution in [-0.4, -0.2) is 34.6 Å². The number of nitrogens with one attached hydrogen (secondary N) is 2. The van der Waals surface area contributed by atoms with Gasteiger partial charge >= 0.3 is 0 Å². The number of hydrogen-bond donors (Lipinski definition) is 5. The molecular weight excluding hydrogens is 433 g/mol. The number of hydrogen-bond acceptors (Lipinski definition) is 7. The van der Waals surface area contributed by atoms with Gasteiger partial charge in [-0.1, -0.05) is 12.1 Å². The highest BCUT2D eigenvalue weighted by molar-refractivity contribution is 7.17. The third-order valence-corrected chi connectivity index (χ3v) is 5.71. The summed E-state index contributed by atoms with van der Waals surface area (Å²) >= 11 is 1.62. The van der Waals surface area contributed by atoms with Crippen LogP contribution < -0.4 is 22.4 Å². The second kappa shape index (κ2) is 10.7. The van der Waals surface area contributed by atoms with Crippen LogP contribution >= 0.6 is 11.3 Å². The van der Waals surface area contributed by atoms with Crippen LogP contribution in [0.5, 0.6) is 0 Å². The minimum Gasteiger partial charge on any atom is -0.399 e. The summed E-state index contributed by atoms with van der Waals surface area (Å²) in [5.41, 5.74) is 9.15. The summed E-state index contributed by atoms with van der Waals surface area (Å²) < 4.78 is 14.1. The molecule has 32 heavy (non-hydrogen) atoms. The van der Waals surface area contributed by atoms with Gasteiger partial charge in [-0.2, -0.15) is 0 Å². The largest absolute Gasteiger partial charge is 0.399 e. The van der Waals surface area contributed by atoms with Crippen molar-refractivity contribution in [3.8, 4) is 0 Å². The van der Waals surface area contributed by atoms with E-state index in [1.54, 1.807) is 16.8 Å². The molecule has 0 saturated carbocycles. The van der Waals surface area contributed by atoms with Crippen LogP contribution in [0.1, 0.15) is 22.3 Å². The Balaban J connectivity index is 1.66. The number of amides is 2. The van der Waals surface area contributed by atoms with Gasteiger partial charge in [-0.15, -0.1) is 11.3 Å². The summed E-state index contributed by atoms with van der Waals surface area (Å²) in [6.45, 7) is 0.00395. The van der Waals surface area contributed by atoms with E-state index < -0.39 is 23.7 Å². The SMILES string of the molecule is N/C(=C\N(N)C(CC(=O)NO)Cc1ccc2ccsc2c1)CNC(=O)c1ccc(F)cc1. The molecule has 0 radical (unpaired) electrons. The van der Waals surface area contributed by atoms with Gasteiger partial charge in [0.2, 0.25) is 5.91 Å². The minimum atomic E-state index is -0.584. The number of fused-ring (bicyclic) bond motifs is 1. The average Bonchev–Trinajstić information content (AvgIpc) is 3.25. The fourth-order valence-electron chi connectivity index (χ4n) is 3.17. The lowest BCUT2D eigenvalue weighted by atomic mass is 10.0. The van der Waals surface area contributed by atoms with E-state index in [1.807, 2.05) is 29.6 Å². The average molecular weight is 458 g/mol. The molecule has 3 aromatic rings. The molecule has 0 aliphatic carbocycles. The molecular formula is C22H24FN5O3S. The summed E-state index contributed by atoms with van der Waals surface area (Å²) in [5, 5.41) is 16.0. The zero-order valence-electron chi connectivity index (χ0n) is 17.1. The van der Waals surface area contributed by atoms with Gasteiger partial charge in [-0.25, -0.2) is 15.7 Å². The molecule has 0 saturated heterocycles. The molecule has 7 N–H and O–H groups in total. The molecule has 0 aliphatic heterocycles. The topological polar surface area (TPSA) is 134 Å². The van der Waals surface area contributed by atoms with Gasteiger partial charge in [-0.05, 0) is 59.1 Å². The first-order valence-corrected chi connectivity index (χ1v) is 10.7. The number of carbonyl (C=O) groups excluding carboxylic acids is 2. The van der Waals surface area contributed by atoms with Gasteiger partial charge in [-0.3, -0.25) is 14.8 Å². The molecule has 1 unspecified atom stereocenters.